The molecule has 1 aromatic heterocycles. The average molecular weight is 431 g/mol. The molecule has 0 radical (unpaired) electrons. The molecule has 0 aliphatic carbocycles. The highest BCUT2D eigenvalue weighted by Gasteiger charge is 2.10. The Morgan fingerprint density at radius 2 is 1.71 bits per heavy atom. The first-order valence-electron chi connectivity index (χ1n) is 10.6. The van der Waals surface area contributed by atoms with Crippen molar-refractivity contribution >= 4 is 27.4 Å². The Kier molecular flexibility index (Phi) is 6.68. The zero-order chi connectivity index (χ0) is 21.6. The molecule has 3 aromatic carbocycles. The van der Waals surface area contributed by atoms with Crippen molar-refractivity contribution in [2.24, 2.45) is 0 Å². The number of thiophene rings is 1. The van der Waals surface area contributed by atoms with Crippen LogP contribution in [0.5, 0.6) is 5.75 Å². The Labute approximate surface area is 187 Å². The molecule has 4 heteroatoms. The van der Waals surface area contributed by atoms with Gasteiger partial charge in [-0.15, -0.1) is 11.3 Å². The third-order valence-electron chi connectivity index (χ3n) is 5.33. The van der Waals surface area contributed by atoms with E-state index in [-0.39, 0.29) is 5.97 Å². The zero-order valence-corrected chi connectivity index (χ0v) is 18.7. The van der Waals surface area contributed by atoms with Crippen LogP contribution in [-0.4, -0.2) is 12.6 Å². The van der Waals surface area contributed by atoms with Gasteiger partial charge >= 0.3 is 5.97 Å². The van der Waals surface area contributed by atoms with E-state index in [1.807, 2.05) is 13.0 Å². The first-order chi connectivity index (χ1) is 15.1. The Balaban J connectivity index is 1.43. The number of hydrogen-bond donors (Lipinski definition) is 0. The van der Waals surface area contributed by atoms with Gasteiger partial charge in [0.05, 0.1) is 6.61 Å². The minimum absolute atomic E-state index is 0.149. The second kappa shape index (κ2) is 9.80. The smallest absolute Gasteiger partial charge is 0.306 e. The van der Waals surface area contributed by atoms with Crippen LogP contribution in [0.4, 0.5) is 0 Å². The van der Waals surface area contributed by atoms with E-state index in [4.69, 9.17) is 9.47 Å². The summed E-state index contributed by atoms with van der Waals surface area (Å²) in [6.07, 6.45) is 1.10. The van der Waals surface area contributed by atoms with Crippen molar-refractivity contribution in [2.75, 3.05) is 6.61 Å². The summed E-state index contributed by atoms with van der Waals surface area (Å²) >= 11 is 1.76. The average Bonchev–Trinajstić information content (AvgIpc) is 3.20. The van der Waals surface area contributed by atoms with E-state index in [0.29, 0.717) is 26.1 Å². The molecule has 3 nitrogen and oxygen atoms in total. The Morgan fingerprint density at radius 3 is 2.48 bits per heavy atom. The third-order valence-corrected chi connectivity index (χ3v) is 6.30. The molecule has 0 aliphatic heterocycles. The first kappa shape index (κ1) is 21.1. The van der Waals surface area contributed by atoms with Gasteiger partial charge in [-0.1, -0.05) is 48.5 Å². The molecular weight excluding hydrogens is 404 g/mol. The highest BCUT2D eigenvalue weighted by Crippen LogP contribution is 2.37. The number of esters is 1. The topological polar surface area (TPSA) is 35.5 Å². The number of carbonyl (C=O) groups is 1. The SMILES string of the molecule is CCOC(=O)CCc1ccc(COc2ccc3scc(-c4ccccc4C)c3c2)cc1. The van der Waals surface area contributed by atoms with E-state index in [2.05, 4.69) is 73.0 Å². The van der Waals surface area contributed by atoms with Crippen molar-refractivity contribution < 1.29 is 14.3 Å². The minimum Gasteiger partial charge on any atom is -0.489 e. The molecule has 0 aliphatic rings. The standard InChI is InChI=1S/C27H26O3S/c1-3-29-27(28)15-12-20-8-10-21(11-9-20)17-30-22-13-14-26-24(16-22)25(18-31-26)23-7-5-4-6-19(23)2/h4-11,13-14,16,18H,3,12,15,17H2,1-2H3. The Morgan fingerprint density at radius 1 is 0.935 bits per heavy atom. The summed E-state index contributed by atoms with van der Waals surface area (Å²) in [6, 6.07) is 23.0. The molecule has 0 saturated carbocycles. The lowest BCUT2D eigenvalue weighted by atomic mass is 10.00. The number of ether oxygens (including phenoxy) is 2. The van der Waals surface area contributed by atoms with E-state index < -0.39 is 0 Å². The molecule has 158 valence electrons. The monoisotopic (exact) mass is 430 g/mol. The fourth-order valence-corrected chi connectivity index (χ4v) is 4.57. The normalized spacial score (nSPS) is 10.9. The van der Waals surface area contributed by atoms with Crippen molar-refractivity contribution in [1.82, 2.24) is 0 Å². The van der Waals surface area contributed by atoms with Crippen LogP contribution < -0.4 is 4.74 Å². The van der Waals surface area contributed by atoms with Gasteiger partial charge in [0.1, 0.15) is 12.4 Å². The molecule has 0 saturated heterocycles. The van der Waals surface area contributed by atoms with Crippen molar-refractivity contribution in [3.63, 3.8) is 0 Å². The number of hydrogen-bond acceptors (Lipinski definition) is 4. The number of rotatable bonds is 8. The molecule has 0 N–H and O–H groups in total. The quantitative estimate of drug-likeness (QED) is 0.284. The van der Waals surface area contributed by atoms with Crippen LogP contribution in [-0.2, 0) is 22.6 Å². The van der Waals surface area contributed by atoms with Crippen LogP contribution in [0.1, 0.15) is 30.0 Å². The van der Waals surface area contributed by atoms with Crippen LogP contribution in [0, 0.1) is 6.92 Å². The van der Waals surface area contributed by atoms with E-state index in [1.54, 1.807) is 11.3 Å². The van der Waals surface area contributed by atoms with E-state index >= 15 is 0 Å². The molecule has 0 amide bonds. The van der Waals surface area contributed by atoms with E-state index in [0.717, 1.165) is 16.9 Å². The van der Waals surface area contributed by atoms with Gasteiger partial charge < -0.3 is 9.47 Å². The molecule has 0 fully saturated rings. The number of aryl methyl sites for hydroxylation is 2. The summed E-state index contributed by atoms with van der Waals surface area (Å²) in [5.74, 6) is 0.718. The summed E-state index contributed by atoms with van der Waals surface area (Å²) in [4.78, 5) is 11.5. The summed E-state index contributed by atoms with van der Waals surface area (Å²) in [5, 5.41) is 3.46. The van der Waals surface area contributed by atoms with Crippen LogP contribution >= 0.6 is 11.3 Å². The van der Waals surface area contributed by atoms with Crippen molar-refractivity contribution in [2.45, 2.75) is 33.3 Å². The summed E-state index contributed by atoms with van der Waals surface area (Å²) in [5.41, 5.74) is 6.03. The highest BCUT2D eigenvalue weighted by atomic mass is 32.1. The number of benzene rings is 3. The van der Waals surface area contributed by atoms with E-state index in [1.165, 1.54) is 26.8 Å². The van der Waals surface area contributed by atoms with Gasteiger partial charge in [-0.2, -0.15) is 0 Å². The second-order valence-electron chi connectivity index (χ2n) is 7.53. The molecule has 0 bridgehead atoms. The molecular formula is C27H26O3S. The second-order valence-corrected chi connectivity index (χ2v) is 8.44. The lowest BCUT2D eigenvalue weighted by Crippen LogP contribution is -2.05. The summed E-state index contributed by atoms with van der Waals surface area (Å²) in [7, 11) is 0. The number of carbonyl (C=O) groups excluding carboxylic acids is 1. The van der Waals surface area contributed by atoms with E-state index in [9.17, 15) is 4.79 Å². The Hall–Kier alpha value is -3.11. The molecule has 1 heterocycles. The van der Waals surface area contributed by atoms with Gasteiger partial charge in [-0.05, 0) is 66.1 Å². The predicted molar refractivity (Wildman–Crippen MR) is 128 cm³/mol. The molecule has 0 spiro atoms. The molecule has 0 atom stereocenters. The first-order valence-corrected chi connectivity index (χ1v) is 11.5. The van der Waals surface area contributed by atoms with Crippen molar-refractivity contribution in [3.05, 3.63) is 88.8 Å². The van der Waals surface area contributed by atoms with Crippen molar-refractivity contribution in [3.8, 4) is 16.9 Å². The highest BCUT2D eigenvalue weighted by molar-refractivity contribution is 7.17. The van der Waals surface area contributed by atoms with Crippen molar-refractivity contribution in [1.29, 1.82) is 0 Å². The van der Waals surface area contributed by atoms with Crippen LogP contribution in [0.2, 0.25) is 0 Å². The maximum atomic E-state index is 11.5. The van der Waals surface area contributed by atoms with Gasteiger partial charge in [0.2, 0.25) is 0 Å². The fourth-order valence-electron chi connectivity index (χ4n) is 3.63. The molecule has 31 heavy (non-hydrogen) atoms. The van der Waals surface area contributed by atoms with Gasteiger partial charge in [0.25, 0.3) is 0 Å². The van der Waals surface area contributed by atoms with Gasteiger partial charge in [-0.3, -0.25) is 4.79 Å². The molecule has 0 unspecified atom stereocenters. The molecule has 4 rings (SSSR count). The lowest BCUT2D eigenvalue weighted by Gasteiger charge is -2.09. The Bertz CT molecular complexity index is 1170. The zero-order valence-electron chi connectivity index (χ0n) is 17.9. The maximum Gasteiger partial charge on any atom is 0.306 e. The summed E-state index contributed by atoms with van der Waals surface area (Å²) < 4.78 is 12.3. The fraction of sp³-hybridized carbons (Fsp3) is 0.222. The third kappa shape index (κ3) is 5.15. The largest absolute Gasteiger partial charge is 0.489 e. The van der Waals surface area contributed by atoms with Crippen LogP contribution in [0.3, 0.4) is 0 Å². The van der Waals surface area contributed by atoms with Gasteiger partial charge in [0, 0.05) is 22.1 Å². The summed E-state index contributed by atoms with van der Waals surface area (Å²) in [6.45, 7) is 4.91. The lowest BCUT2D eigenvalue weighted by molar-refractivity contribution is -0.143. The minimum atomic E-state index is -0.149. The van der Waals surface area contributed by atoms with Gasteiger partial charge in [0.15, 0.2) is 0 Å². The van der Waals surface area contributed by atoms with Gasteiger partial charge in [-0.25, -0.2) is 0 Å². The van der Waals surface area contributed by atoms with Crippen LogP contribution in [0.15, 0.2) is 72.1 Å². The van der Waals surface area contributed by atoms with Crippen LogP contribution in [0.25, 0.3) is 21.2 Å². The number of fused-ring (bicyclic) bond motifs is 1. The molecule has 4 aromatic rings. The maximum absolute atomic E-state index is 11.5. The predicted octanol–water partition coefficient (Wildman–Crippen LogP) is 6.95.